The Morgan fingerprint density at radius 3 is 2.29 bits per heavy atom. The fraction of sp³-hybridized carbons (Fsp3) is 0.615. The molecule has 0 amide bonds. The number of rotatable bonds is 3. The van der Waals surface area contributed by atoms with Gasteiger partial charge in [-0.2, -0.15) is 0 Å². The van der Waals surface area contributed by atoms with E-state index < -0.39 is 41.7 Å². The fourth-order valence-electron chi connectivity index (χ4n) is 2.06. The van der Waals surface area contributed by atoms with Crippen LogP contribution in [0.1, 0.15) is 27.7 Å². The molecule has 2 atom stereocenters. The Kier molecular flexibility index (Phi) is 4.02. The van der Waals surface area contributed by atoms with E-state index in [0.717, 1.165) is 13.8 Å². The van der Waals surface area contributed by atoms with Crippen LogP contribution in [-0.4, -0.2) is 42.5 Å². The first-order valence-corrected chi connectivity index (χ1v) is 6.33. The van der Waals surface area contributed by atoms with E-state index >= 15 is 0 Å². The van der Waals surface area contributed by atoms with Gasteiger partial charge in [0.1, 0.15) is 6.10 Å². The highest BCUT2D eigenvalue weighted by molar-refractivity contribution is 5.93. The highest BCUT2D eigenvalue weighted by atomic mass is 16.8. The van der Waals surface area contributed by atoms with Crippen molar-refractivity contribution in [2.24, 2.45) is 0 Å². The van der Waals surface area contributed by atoms with Crippen LogP contribution in [0, 0.1) is 0 Å². The molecule has 0 N–H and O–H groups in total. The molecule has 0 bridgehead atoms. The van der Waals surface area contributed by atoms with E-state index in [1.165, 1.54) is 0 Å². The Balaban J connectivity index is 2.28. The van der Waals surface area contributed by atoms with Crippen LogP contribution in [0.5, 0.6) is 0 Å². The highest BCUT2D eigenvalue weighted by Gasteiger charge is 2.49. The number of hydrogen-bond acceptors (Lipinski definition) is 8. The summed E-state index contributed by atoms with van der Waals surface area (Å²) in [7, 11) is 0. The second-order valence-electron chi connectivity index (χ2n) is 5.07. The lowest BCUT2D eigenvalue weighted by Gasteiger charge is -2.21. The first-order chi connectivity index (χ1) is 9.69. The van der Waals surface area contributed by atoms with Crippen LogP contribution < -0.4 is 0 Å². The zero-order valence-electron chi connectivity index (χ0n) is 12.1. The molecule has 116 valence electrons. The van der Waals surface area contributed by atoms with Crippen molar-refractivity contribution < 1.29 is 38.1 Å². The third-order valence-electron chi connectivity index (χ3n) is 2.77. The molecule has 2 heterocycles. The standard InChI is InChI=1S/C13H16O8/c1-6(14)18-10-9(8-5-17-13(3,4)21-8)20-12(16)11(10)19-7(2)15/h8-9H,5H2,1-4H3. The van der Waals surface area contributed by atoms with Gasteiger partial charge in [-0.3, -0.25) is 9.59 Å². The Morgan fingerprint density at radius 1 is 1.19 bits per heavy atom. The van der Waals surface area contributed by atoms with Crippen LogP contribution >= 0.6 is 0 Å². The summed E-state index contributed by atoms with van der Waals surface area (Å²) in [5.41, 5.74) is 0. The van der Waals surface area contributed by atoms with E-state index in [-0.39, 0.29) is 12.4 Å². The minimum atomic E-state index is -1.00. The van der Waals surface area contributed by atoms with Gasteiger partial charge in [-0.1, -0.05) is 0 Å². The molecule has 1 fully saturated rings. The molecule has 2 rings (SSSR count). The van der Waals surface area contributed by atoms with E-state index in [2.05, 4.69) is 0 Å². The van der Waals surface area contributed by atoms with Gasteiger partial charge < -0.3 is 23.7 Å². The molecule has 0 aliphatic carbocycles. The van der Waals surface area contributed by atoms with Gasteiger partial charge in [0.15, 0.2) is 11.9 Å². The van der Waals surface area contributed by atoms with Crippen molar-refractivity contribution in [3.63, 3.8) is 0 Å². The SMILES string of the molecule is CC(=O)OC1=C(OC(C)=O)C(C2COC(C)(C)O2)OC1=O. The number of carbonyl (C=O) groups excluding carboxylic acids is 3. The van der Waals surface area contributed by atoms with Gasteiger partial charge in [-0.15, -0.1) is 0 Å². The van der Waals surface area contributed by atoms with Crippen molar-refractivity contribution >= 4 is 17.9 Å². The molecule has 0 radical (unpaired) electrons. The summed E-state index contributed by atoms with van der Waals surface area (Å²) in [6.45, 7) is 5.83. The van der Waals surface area contributed by atoms with Crippen LogP contribution in [-0.2, 0) is 38.1 Å². The summed E-state index contributed by atoms with van der Waals surface area (Å²) >= 11 is 0. The van der Waals surface area contributed by atoms with Gasteiger partial charge in [0.05, 0.1) is 6.61 Å². The lowest BCUT2D eigenvalue weighted by Crippen LogP contribution is -2.33. The summed E-state index contributed by atoms with van der Waals surface area (Å²) in [6, 6.07) is 0. The number of esters is 3. The lowest BCUT2D eigenvalue weighted by atomic mass is 10.2. The summed E-state index contributed by atoms with van der Waals surface area (Å²) in [5, 5.41) is 0. The lowest BCUT2D eigenvalue weighted by molar-refractivity contribution is -0.165. The first-order valence-electron chi connectivity index (χ1n) is 6.33. The van der Waals surface area contributed by atoms with E-state index in [1.54, 1.807) is 13.8 Å². The van der Waals surface area contributed by atoms with Gasteiger partial charge in [0.2, 0.25) is 5.76 Å². The molecular formula is C13H16O8. The smallest absolute Gasteiger partial charge is 0.378 e. The Hall–Kier alpha value is -1.93. The minimum Gasteiger partial charge on any atom is -0.445 e. The maximum absolute atomic E-state index is 11.8. The van der Waals surface area contributed by atoms with Crippen molar-refractivity contribution in [2.75, 3.05) is 6.61 Å². The number of ether oxygens (including phenoxy) is 5. The van der Waals surface area contributed by atoms with Crippen molar-refractivity contribution in [3.8, 4) is 0 Å². The second-order valence-corrected chi connectivity index (χ2v) is 5.07. The normalized spacial score (nSPS) is 27.5. The summed E-state index contributed by atoms with van der Waals surface area (Å²) in [6.07, 6.45) is -1.66. The molecule has 2 aliphatic heterocycles. The van der Waals surface area contributed by atoms with Crippen LogP contribution in [0.3, 0.4) is 0 Å². The third kappa shape index (κ3) is 3.40. The number of cyclic esters (lactones) is 1. The molecule has 2 aliphatic rings. The van der Waals surface area contributed by atoms with E-state index in [4.69, 9.17) is 23.7 Å². The fourth-order valence-corrected chi connectivity index (χ4v) is 2.06. The predicted molar refractivity (Wildman–Crippen MR) is 65.3 cm³/mol. The van der Waals surface area contributed by atoms with Gasteiger partial charge in [0, 0.05) is 13.8 Å². The van der Waals surface area contributed by atoms with Crippen LogP contribution in [0.25, 0.3) is 0 Å². The maximum atomic E-state index is 11.8. The number of carbonyl (C=O) groups is 3. The zero-order chi connectivity index (χ0) is 15.8. The predicted octanol–water partition coefficient (Wildman–Crippen LogP) is 0.401. The van der Waals surface area contributed by atoms with Gasteiger partial charge in [0.25, 0.3) is 5.76 Å². The Labute approximate surface area is 120 Å². The number of hydrogen-bond donors (Lipinski definition) is 0. The molecule has 8 heteroatoms. The van der Waals surface area contributed by atoms with Crippen LogP contribution in [0.15, 0.2) is 11.5 Å². The summed E-state index contributed by atoms with van der Waals surface area (Å²) in [4.78, 5) is 34.0. The topological polar surface area (TPSA) is 97.4 Å². The van der Waals surface area contributed by atoms with E-state index in [1.807, 2.05) is 0 Å². The monoisotopic (exact) mass is 300 g/mol. The van der Waals surface area contributed by atoms with E-state index in [9.17, 15) is 14.4 Å². The first kappa shape index (κ1) is 15.5. The molecule has 0 aromatic carbocycles. The molecule has 0 spiro atoms. The molecule has 1 saturated heterocycles. The van der Waals surface area contributed by atoms with Crippen LogP contribution in [0.2, 0.25) is 0 Å². The molecule has 0 aromatic heterocycles. The summed E-state index contributed by atoms with van der Waals surface area (Å²) in [5.74, 6) is -3.74. The molecular weight excluding hydrogens is 284 g/mol. The van der Waals surface area contributed by atoms with E-state index in [0.29, 0.717) is 0 Å². The molecule has 2 unspecified atom stereocenters. The third-order valence-corrected chi connectivity index (χ3v) is 2.77. The highest BCUT2D eigenvalue weighted by Crippen LogP contribution is 2.34. The molecule has 0 aromatic rings. The van der Waals surface area contributed by atoms with Crippen molar-refractivity contribution in [3.05, 3.63) is 11.5 Å². The molecule has 0 saturated carbocycles. The molecule has 8 nitrogen and oxygen atoms in total. The minimum absolute atomic E-state index is 0.142. The molecule has 21 heavy (non-hydrogen) atoms. The average Bonchev–Trinajstić information content (AvgIpc) is 2.82. The Bertz CT molecular complexity index is 518. The Morgan fingerprint density at radius 2 is 1.81 bits per heavy atom. The van der Waals surface area contributed by atoms with Gasteiger partial charge in [-0.25, -0.2) is 4.79 Å². The van der Waals surface area contributed by atoms with Crippen LogP contribution in [0.4, 0.5) is 0 Å². The van der Waals surface area contributed by atoms with Crippen molar-refractivity contribution in [1.29, 1.82) is 0 Å². The van der Waals surface area contributed by atoms with Gasteiger partial charge in [-0.05, 0) is 13.8 Å². The zero-order valence-corrected chi connectivity index (χ0v) is 12.1. The van der Waals surface area contributed by atoms with Gasteiger partial charge >= 0.3 is 17.9 Å². The van der Waals surface area contributed by atoms with Crippen molar-refractivity contribution in [2.45, 2.75) is 45.7 Å². The maximum Gasteiger partial charge on any atom is 0.378 e. The second kappa shape index (κ2) is 5.45. The average molecular weight is 300 g/mol. The summed E-state index contributed by atoms with van der Waals surface area (Å²) < 4.78 is 25.8. The quantitative estimate of drug-likeness (QED) is 0.546. The van der Waals surface area contributed by atoms with Crippen molar-refractivity contribution in [1.82, 2.24) is 0 Å². The largest absolute Gasteiger partial charge is 0.445 e.